The molecule has 1 heterocycles. The molecule has 0 aromatic heterocycles. The number of esters is 1. The Labute approximate surface area is 139 Å². The van der Waals surface area contributed by atoms with Crippen LogP contribution in [-0.2, 0) is 24.3 Å². The normalized spacial score (nSPS) is 28.8. The first-order valence-corrected chi connectivity index (χ1v) is 10.0. The van der Waals surface area contributed by atoms with Crippen molar-refractivity contribution < 1.29 is 22.7 Å². The largest absolute Gasteiger partial charge is 0.466 e. The van der Waals surface area contributed by atoms with E-state index >= 15 is 0 Å². The van der Waals surface area contributed by atoms with Gasteiger partial charge in [-0.3, -0.25) is 4.79 Å². The highest BCUT2D eigenvalue weighted by Gasteiger charge is 2.52. The van der Waals surface area contributed by atoms with Crippen LogP contribution in [0.1, 0.15) is 47.0 Å². The predicted octanol–water partition coefficient (Wildman–Crippen LogP) is 1.80. The van der Waals surface area contributed by atoms with Crippen LogP contribution >= 0.6 is 0 Å². The van der Waals surface area contributed by atoms with Crippen molar-refractivity contribution in [1.82, 2.24) is 4.31 Å². The zero-order chi connectivity index (χ0) is 17.3. The van der Waals surface area contributed by atoms with Gasteiger partial charge in [-0.2, -0.15) is 0 Å². The van der Waals surface area contributed by atoms with Gasteiger partial charge >= 0.3 is 5.97 Å². The lowest BCUT2D eigenvalue weighted by molar-refractivity contribution is -0.152. The van der Waals surface area contributed by atoms with Crippen molar-refractivity contribution in [2.45, 2.75) is 53.1 Å². The number of rotatable bonds is 7. The fourth-order valence-corrected chi connectivity index (χ4v) is 5.71. The molecule has 134 valence electrons. The number of nitrogens with zero attached hydrogens (tertiary/aromatic N) is 1. The van der Waals surface area contributed by atoms with Crippen LogP contribution < -0.4 is 0 Å². The minimum absolute atomic E-state index is 0.0843. The summed E-state index contributed by atoms with van der Waals surface area (Å²) in [5, 5.41) is 0. The zero-order valence-corrected chi connectivity index (χ0v) is 15.4. The van der Waals surface area contributed by atoms with Crippen molar-refractivity contribution in [2.75, 3.05) is 32.1 Å². The summed E-state index contributed by atoms with van der Waals surface area (Å²) in [6.45, 7) is 9.01. The maximum absolute atomic E-state index is 12.7. The van der Waals surface area contributed by atoms with Gasteiger partial charge in [0.05, 0.1) is 23.9 Å². The lowest BCUT2D eigenvalue weighted by Gasteiger charge is -2.44. The monoisotopic (exact) mass is 347 g/mol. The van der Waals surface area contributed by atoms with Crippen LogP contribution in [0.4, 0.5) is 0 Å². The van der Waals surface area contributed by atoms with E-state index in [-0.39, 0.29) is 23.9 Å². The van der Waals surface area contributed by atoms with E-state index < -0.39 is 21.4 Å². The van der Waals surface area contributed by atoms with Crippen LogP contribution in [0.3, 0.4) is 0 Å². The summed E-state index contributed by atoms with van der Waals surface area (Å²) in [4.78, 5) is 11.9. The summed E-state index contributed by atoms with van der Waals surface area (Å²) in [6, 6.07) is 0. The third kappa shape index (κ3) is 4.06. The molecule has 0 aromatic carbocycles. The highest BCUT2D eigenvalue weighted by molar-refractivity contribution is 7.89. The molecule has 0 radical (unpaired) electrons. The molecule has 2 rings (SSSR count). The minimum atomic E-state index is -3.47. The molecule has 6 nitrogen and oxygen atoms in total. The Bertz CT molecular complexity index is 537. The molecular formula is C16H29NO5S. The molecule has 0 N–H and O–H groups in total. The Balaban J connectivity index is 1.95. The van der Waals surface area contributed by atoms with Gasteiger partial charge in [-0.25, -0.2) is 12.7 Å². The summed E-state index contributed by atoms with van der Waals surface area (Å²) >= 11 is 0. The molecule has 0 unspecified atom stereocenters. The highest BCUT2D eigenvalue weighted by Crippen LogP contribution is 2.50. The molecule has 0 bridgehead atoms. The molecule has 23 heavy (non-hydrogen) atoms. The molecule has 0 aromatic rings. The van der Waals surface area contributed by atoms with E-state index in [1.54, 1.807) is 25.1 Å². The molecule has 1 spiro atoms. The lowest BCUT2D eigenvalue weighted by atomic mass is 9.66. The summed E-state index contributed by atoms with van der Waals surface area (Å²) in [7, 11) is -3.47. The maximum Gasteiger partial charge on any atom is 0.312 e. The molecule has 0 amide bonds. The van der Waals surface area contributed by atoms with Crippen LogP contribution in [0.15, 0.2) is 0 Å². The van der Waals surface area contributed by atoms with Crippen LogP contribution in [-0.4, -0.2) is 56.9 Å². The second kappa shape index (κ2) is 6.69. The molecular weight excluding hydrogens is 318 g/mol. The van der Waals surface area contributed by atoms with E-state index in [4.69, 9.17) is 9.47 Å². The Kier molecular flexibility index (Phi) is 5.43. The molecule has 2 fully saturated rings. The third-order valence-corrected chi connectivity index (χ3v) is 7.08. The first kappa shape index (κ1) is 18.7. The Morgan fingerprint density at radius 2 is 1.91 bits per heavy atom. The van der Waals surface area contributed by atoms with Gasteiger partial charge < -0.3 is 9.47 Å². The fourth-order valence-electron chi connectivity index (χ4n) is 3.66. The van der Waals surface area contributed by atoms with Gasteiger partial charge in [-0.05, 0) is 52.4 Å². The average molecular weight is 347 g/mol. The van der Waals surface area contributed by atoms with Gasteiger partial charge in [0.15, 0.2) is 0 Å². The number of carbonyl (C=O) groups excluding carboxylic acids is 1. The molecule has 7 heteroatoms. The van der Waals surface area contributed by atoms with Crippen LogP contribution in [0.2, 0.25) is 0 Å². The lowest BCUT2D eigenvalue weighted by Crippen LogP contribution is -2.46. The van der Waals surface area contributed by atoms with Crippen LogP contribution in [0, 0.1) is 10.8 Å². The van der Waals surface area contributed by atoms with Crippen molar-refractivity contribution in [2.24, 2.45) is 10.8 Å². The number of ether oxygens (including phenoxy) is 2. The van der Waals surface area contributed by atoms with Gasteiger partial charge in [0.1, 0.15) is 0 Å². The smallest absolute Gasteiger partial charge is 0.312 e. The number of carbonyl (C=O) groups is 1. The summed E-state index contributed by atoms with van der Waals surface area (Å²) in [5.41, 5.74) is -0.945. The standard InChI is InChI=1S/C16H29NO5S/c1-5-21-13-9-16(10-13)7-8-17(11-16)23(19,20)12-15(3,4)14(18)22-6-2/h13H,5-12H2,1-4H3. The van der Waals surface area contributed by atoms with Gasteiger partial charge in [-0.15, -0.1) is 0 Å². The third-order valence-electron chi connectivity index (χ3n) is 4.89. The van der Waals surface area contributed by atoms with E-state index in [9.17, 15) is 13.2 Å². The van der Waals surface area contributed by atoms with Crippen LogP contribution in [0.5, 0.6) is 0 Å². The van der Waals surface area contributed by atoms with Crippen molar-refractivity contribution in [1.29, 1.82) is 0 Å². The predicted molar refractivity (Wildman–Crippen MR) is 87.5 cm³/mol. The Hall–Kier alpha value is -0.660. The van der Waals surface area contributed by atoms with E-state index in [0.717, 1.165) is 19.3 Å². The molecule has 1 aliphatic heterocycles. The van der Waals surface area contributed by atoms with E-state index in [1.165, 1.54) is 0 Å². The highest BCUT2D eigenvalue weighted by atomic mass is 32.2. The van der Waals surface area contributed by atoms with E-state index in [1.807, 2.05) is 6.92 Å². The van der Waals surface area contributed by atoms with Gasteiger partial charge in [0, 0.05) is 19.7 Å². The Morgan fingerprint density at radius 3 is 2.48 bits per heavy atom. The van der Waals surface area contributed by atoms with Crippen molar-refractivity contribution in [3.63, 3.8) is 0 Å². The zero-order valence-electron chi connectivity index (χ0n) is 14.6. The van der Waals surface area contributed by atoms with Crippen LogP contribution in [0.25, 0.3) is 0 Å². The summed E-state index contributed by atoms with van der Waals surface area (Å²) in [5.74, 6) is -0.665. The van der Waals surface area contributed by atoms with Crippen molar-refractivity contribution in [3.05, 3.63) is 0 Å². The SMILES string of the molecule is CCOC(=O)C(C)(C)CS(=O)(=O)N1CCC2(CC(OCC)C2)C1. The molecule has 1 saturated heterocycles. The minimum Gasteiger partial charge on any atom is -0.466 e. The second-order valence-electron chi connectivity index (χ2n) is 7.43. The summed E-state index contributed by atoms with van der Waals surface area (Å²) < 4.78 is 37.5. The number of hydrogen-bond acceptors (Lipinski definition) is 5. The number of sulfonamides is 1. The first-order valence-electron chi connectivity index (χ1n) is 8.41. The first-order chi connectivity index (χ1) is 10.6. The average Bonchev–Trinajstić information content (AvgIpc) is 2.84. The molecule has 1 saturated carbocycles. The number of hydrogen-bond donors (Lipinski definition) is 0. The van der Waals surface area contributed by atoms with Gasteiger partial charge in [-0.1, -0.05) is 0 Å². The summed E-state index contributed by atoms with van der Waals surface area (Å²) in [6.07, 6.45) is 3.04. The van der Waals surface area contributed by atoms with E-state index in [0.29, 0.717) is 19.7 Å². The second-order valence-corrected chi connectivity index (χ2v) is 9.40. The molecule has 0 atom stereocenters. The fraction of sp³-hybridized carbons (Fsp3) is 0.938. The van der Waals surface area contributed by atoms with E-state index in [2.05, 4.69) is 0 Å². The van der Waals surface area contributed by atoms with Gasteiger partial charge in [0.25, 0.3) is 0 Å². The Morgan fingerprint density at radius 1 is 1.26 bits per heavy atom. The topological polar surface area (TPSA) is 72.9 Å². The quantitative estimate of drug-likeness (QED) is 0.657. The molecule has 1 aliphatic carbocycles. The van der Waals surface area contributed by atoms with Gasteiger partial charge in [0.2, 0.25) is 10.0 Å². The van der Waals surface area contributed by atoms with Crippen molar-refractivity contribution >= 4 is 16.0 Å². The maximum atomic E-state index is 12.7. The molecule has 2 aliphatic rings. The van der Waals surface area contributed by atoms with Crippen molar-refractivity contribution in [3.8, 4) is 0 Å².